The molecule has 0 spiro atoms. The van der Waals surface area contributed by atoms with Gasteiger partial charge in [-0.3, -0.25) is 4.90 Å². The lowest BCUT2D eigenvalue weighted by Gasteiger charge is -2.16. The summed E-state index contributed by atoms with van der Waals surface area (Å²) in [5, 5.41) is 8.98. The molecule has 0 amide bonds. The average molecular weight is 312 g/mol. The zero-order chi connectivity index (χ0) is 15.5. The number of hydrogen-bond acceptors (Lipinski definition) is 6. The van der Waals surface area contributed by atoms with Crippen LogP contribution in [-0.4, -0.2) is 48.9 Å². The molecule has 0 fully saturated rings. The van der Waals surface area contributed by atoms with E-state index >= 15 is 0 Å². The molecule has 0 atom stereocenters. The molecular weight excluding hydrogens is 292 g/mol. The Kier molecular flexibility index (Phi) is 4.97. The molecule has 0 saturated heterocycles. The number of oxazole rings is 1. The molecule has 7 heteroatoms. The fraction of sp³-hybridized carbons (Fsp3) is 0.500. The summed E-state index contributed by atoms with van der Waals surface area (Å²) in [5.41, 5.74) is 1.11. The second kappa shape index (κ2) is 6.55. The summed E-state index contributed by atoms with van der Waals surface area (Å²) in [6.07, 6.45) is 0. The van der Waals surface area contributed by atoms with E-state index in [0.29, 0.717) is 30.1 Å². The molecule has 0 aliphatic rings. The summed E-state index contributed by atoms with van der Waals surface area (Å²) in [4.78, 5) is 6.60. The standard InChI is InChI=1S/C14H20N2O4S/c1-3-16(7-8-17)10-14-15-12-9-11(21(18,19)4-2)5-6-13(12)20-14/h5-6,9,17H,3-4,7-8,10H2,1-2H3. The Labute approximate surface area is 124 Å². The van der Waals surface area contributed by atoms with Gasteiger partial charge < -0.3 is 9.52 Å². The molecular formula is C14H20N2O4S. The fourth-order valence-corrected chi connectivity index (χ4v) is 2.96. The van der Waals surface area contributed by atoms with Crippen LogP contribution in [0.1, 0.15) is 19.7 Å². The number of rotatable bonds is 7. The van der Waals surface area contributed by atoms with E-state index in [0.717, 1.165) is 6.54 Å². The Balaban J connectivity index is 2.30. The molecule has 0 saturated carbocycles. The van der Waals surface area contributed by atoms with Gasteiger partial charge in [-0.15, -0.1) is 0 Å². The third-order valence-electron chi connectivity index (χ3n) is 3.36. The number of benzene rings is 1. The van der Waals surface area contributed by atoms with Crippen LogP contribution in [0.15, 0.2) is 27.5 Å². The lowest BCUT2D eigenvalue weighted by atomic mass is 10.3. The highest BCUT2D eigenvalue weighted by molar-refractivity contribution is 7.91. The summed E-state index contributed by atoms with van der Waals surface area (Å²) in [6.45, 7) is 5.49. The fourth-order valence-electron chi connectivity index (χ4n) is 2.06. The second-order valence-corrected chi connectivity index (χ2v) is 7.01. The van der Waals surface area contributed by atoms with Crippen molar-refractivity contribution >= 4 is 20.9 Å². The van der Waals surface area contributed by atoms with E-state index in [4.69, 9.17) is 9.52 Å². The first-order chi connectivity index (χ1) is 10.00. The molecule has 1 aromatic heterocycles. The molecule has 1 aromatic carbocycles. The van der Waals surface area contributed by atoms with Crippen LogP contribution in [0.3, 0.4) is 0 Å². The van der Waals surface area contributed by atoms with E-state index in [1.54, 1.807) is 25.1 Å². The monoisotopic (exact) mass is 312 g/mol. The Morgan fingerprint density at radius 3 is 2.71 bits per heavy atom. The zero-order valence-corrected chi connectivity index (χ0v) is 13.1. The van der Waals surface area contributed by atoms with Crippen molar-refractivity contribution in [2.24, 2.45) is 0 Å². The average Bonchev–Trinajstić information content (AvgIpc) is 2.88. The first-order valence-corrected chi connectivity index (χ1v) is 8.60. The van der Waals surface area contributed by atoms with Crippen molar-refractivity contribution in [3.05, 3.63) is 24.1 Å². The van der Waals surface area contributed by atoms with Gasteiger partial charge in [-0.25, -0.2) is 13.4 Å². The van der Waals surface area contributed by atoms with Crippen LogP contribution in [0.4, 0.5) is 0 Å². The summed E-state index contributed by atoms with van der Waals surface area (Å²) < 4.78 is 29.4. The van der Waals surface area contributed by atoms with Gasteiger partial charge in [0.15, 0.2) is 15.4 Å². The molecule has 0 radical (unpaired) electrons. The highest BCUT2D eigenvalue weighted by Gasteiger charge is 2.15. The summed E-state index contributed by atoms with van der Waals surface area (Å²) in [5.74, 6) is 0.579. The maximum absolute atomic E-state index is 11.9. The lowest BCUT2D eigenvalue weighted by molar-refractivity contribution is 0.186. The van der Waals surface area contributed by atoms with Crippen molar-refractivity contribution in [2.75, 3.05) is 25.4 Å². The van der Waals surface area contributed by atoms with Gasteiger partial charge >= 0.3 is 0 Å². The molecule has 2 rings (SSSR count). The lowest BCUT2D eigenvalue weighted by Crippen LogP contribution is -2.26. The summed E-state index contributed by atoms with van der Waals surface area (Å²) in [7, 11) is -3.24. The van der Waals surface area contributed by atoms with Crippen molar-refractivity contribution in [3.8, 4) is 0 Å². The van der Waals surface area contributed by atoms with E-state index in [2.05, 4.69) is 4.98 Å². The normalized spacial score (nSPS) is 12.4. The van der Waals surface area contributed by atoms with Crippen molar-refractivity contribution in [2.45, 2.75) is 25.3 Å². The van der Waals surface area contributed by atoms with Crippen LogP contribution in [0.2, 0.25) is 0 Å². The number of nitrogens with zero attached hydrogens (tertiary/aromatic N) is 2. The topological polar surface area (TPSA) is 83.6 Å². The minimum Gasteiger partial charge on any atom is -0.439 e. The Bertz CT molecular complexity index is 709. The molecule has 6 nitrogen and oxygen atoms in total. The van der Waals surface area contributed by atoms with E-state index in [1.165, 1.54) is 0 Å². The maximum Gasteiger partial charge on any atom is 0.209 e. The van der Waals surface area contributed by atoms with Gasteiger partial charge in [0.25, 0.3) is 0 Å². The minimum absolute atomic E-state index is 0.0589. The van der Waals surface area contributed by atoms with Gasteiger partial charge in [0.2, 0.25) is 5.89 Å². The molecule has 2 aromatic rings. The number of hydrogen-bond donors (Lipinski definition) is 1. The smallest absolute Gasteiger partial charge is 0.209 e. The van der Waals surface area contributed by atoms with E-state index in [9.17, 15) is 8.42 Å². The Hall–Kier alpha value is -1.44. The quantitative estimate of drug-likeness (QED) is 0.833. The van der Waals surface area contributed by atoms with Crippen LogP contribution in [-0.2, 0) is 16.4 Å². The van der Waals surface area contributed by atoms with E-state index in [-0.39, 0.29) is 17.3 Å². The number of fused-ring (bicyclic) bond motifs is 1. The van der Waals surface area contributed by atoms with Crippen LogP contribution >= 0.6 is 0 Å². The molecule has 1 N–H and O–H groups in total. The van der Waals surface area contributed by atoms with Gasteiger partial charge in [-0.2, -0.15) is 0 Å². The second-order valence-electron chi connectivity index (χ2n) is 4.73. The largest absolute Gasteiger partial charge is 0.439 e. The number of sulfone groups is 1. The highest BCUT2D eigenvalue weighted by Crippen LogP contribution is 2.21. The first kappa shape index (κ1) is 15.9. The van der Waals surface area contributed by atoms with Gasteiger partial charge in [-0.05, 0) is 24.7 Å². The molecule has 0 bridgehead atoms. The van der Waals surface area contributed by atoms with Gasteiger partial charge in [0.1, 0.15) is 5.52 Å². The maximum atomic E-state index is 11.9. The van der Waals surface area contributed by atoms with Crippen LogP contribution in [0.5, 0.6) is 0 Å². The number of aliphatic hydroxyl groups is 1. The van der Waals surface area contributed by atoms with Crippen LogP contribution in [0, 0.1) is 0 Å². The van der Waals surface area contributed by atoms with Crippen molar-refractivity contribution in [1.29, 1.82) is 0 Å². The minimum atomic E-state index is -3.24. The van der Waals surface area contributed by atoms with Crippen LogP contribution in [0.25, 0.3) is 11.1 Å². The Morgan fingerprint density at radius 1 is 1.33 bits per heavy atom. The number of aliphatic hydroxyl groups excluding tert-OH is 1. The first-order valence-electron chi connectivity index (χ1n) is 6.95. The number of aromatic nitrogens is 1. The van der Waals surface area contributed by atoms with Crippen molar-refractivity contribution < 1.29 is 17.9 Å². The van der Waals surface area contributed by atoms with Gasteiger partial charge in [-0.1, -0.05) is 13.8 Å². The summed E-state index contributed by atoms with van der Waals surface area (Å²) in [6, 6.07) is 4.72. The SMILES string of the molecule is CCN(CCO)Cc1nc2cc(S(=O)(=O)CC)ccc2o1. The third kappa shape index (κ3) is 3.61. The predicted molar refractivity (Wildman–Crippen MR) is 79.8 cm³/mol. The van der Waals surface area contributed by atoms with Gasteiger partial charge in [0.05, 0.1) is 23.8 Å². The highest BCUT2D eigenvalue weighted by atomic mass is 32.2. The molecule has 1 heterocycles. The zero-order valence-electron chi connectivity index (χ0n) is 12.2. The molecule has 21 heavy (non-hydrogen) atoms. The van der Waals surface area contributed by atoms with E-state index < -0.39 is 9.84 Å². The Morgan fingerprint density at radius 2 is 2.10 bits per heavy atom. The molecule has 0 unspecified atom stereocenters. The van der Waals surface area contributed by atoms with E-state index in [1.807, 2.05) is 11.8 Å². The third-order valence-corrected chi connectivity index (χ3v) is 5.10. The number of likely N-dealkylation sites (N-methyl/N-ethyl adjacent to an activating group) is 1. The molecule has 0 aliphatic carbocycles. The van der Waals surface area contributed by atoms with Crippen molar-refractivity contribution in [1.82, 2.24) is 9.88 Å². The summed E-state index contributed by atoms with van der Waals surface area (Å²) >= 11 is 0. The van der Waals surface area contributed by atoms with Gasteiger partial charge in [0, 0.05) is 6.54 Å². The molecule has 0 aliphatic heterocycles. The molecule has 116 valence electrons. The predicted octanol–water partition coefficient (Wildman–Crippen LogP) is 1.44. The van der Waals surface area contributed by atoms with Crippen LogP contribution < -0.4 is 0 Å². The van der Waals surface area contributed by atoms with Crippen molar-refractivity contribution in [3.63, 3.8) is 0 Å².